The van der Waals surface area contributed by atoms with Crippen molar-refractivity contribution in [1.29, 1.82) is 0 Å². The van der Waals surface area contributed by atoms with Crippen LogP contribution in [-0.2, 0) is 9.59 Å². The molecule has 10 heteroatoms. The Morgan fingerprint density at radius 3 is 2.03 bits per heavy atom. The lowest BCUT2D eigenvalue weighted by Gasteiger charge is -2.36. The first kappa shape index (κ1) is 25.5. The lowest BCUT2D eigenvalue weighted by molar-refractivity contribution is -0.157. The smallest absolute Gasteiger partial charge is 0.273 e. The van der Waals surface area contributed by atoms with E-state index in [4.69, 9.17) is 46.4 Å². The highest BCUT2D eigenvalue weighted by atomic mass is 35.5. The fourth-order valence-electron chi connectivity index (χ4n) is 6.01. The van der Waals surface area contributed by atoms with Crippen LogP contribution in [0.1, 0.15) is 46.4 Å². The maximum atomic E-state index is 14.0. The number of imide groups is 1. The number of carbonyl (C=O) groups excluding carboxylic acids is 4. The summed E-state index contributed by atoms with van der Waals surface area (Å²) in [6, 6.07) is 9.26. The fourth-order valence-corrected chi connectivity index (χ4v) is 6.64. The predicted octanol–water partition coefficient (Wildman–Crippen LogP) is 5.92. The second-order valence-corrected chi connectivity index (χ2v) is 11.1. The third-order valence-corrected chi connectivity index (χ3v) is 8.81. The Morgan fingerprint density at radius 1 is 0.889 bits per heavy atom. The monoisotopic (exact) mass is 566 g/mol. The van der Waals surface area contributed by atoms with E-state index in [1.165, 1.54) is 30.3 Å². The first-order valence-electron chi connectivity index (χ1n) is 11.7. The van der Waals surface area contributed by atoms with Gasteiger partial charge in [0.15, 0.2) is 5.78 Å². The van der Waals surface area contributed by atoms with Crippen molar-refractivity contribution < 1.29 is 19.2 Å². The standard InChI is InChI=1S/C26H22Cl4N2O4/c27-10-9-20(23(33)13-3-6-17(28)7-4-13)31(24(34)16-5-8-18(29)19(30)12-16)32-25(35)21-14-1-2-15(11-14)22(21)26(32)36/h3-8,12,14-15,20-22H,1-2,9-11H2/t14-,15-,20-,21-,22+/m0/s1. The number of carbonyl (C=O) groups is 4. The van der Waals surface area contributed by atoms with E-state index in [0.29, 0.717) is 5.02 Å². The zero-order valence-electron chi connectivity index (χ0n) is 19.0. The largest absolute Gasteiger partial charge is 0.292 e. The molecule has 36 heavy (non-hydrogen) atoms. The van der Waals surface area contributed by atoms with Gasteiger partial charge in [0, 0.05) is 22.0 Å². The second-order valence-electron chi connectivity index (χ2n) is 9.52. The number of alkyl halides is 1. The highest BCUT2D eigenvalue weighted by Crippen LogP contribution is 2.56. The number of rotatable bonds is 7. The molecule has 2 aliphatic carbocycles. The van der Waals surface area contributed by atoms with Crippen LogP contribution >= 0.6 is 46.4 Å². The van der Waals surface area contributed by atoms with E-state index in [2.05, 4.69) is 0 Å². The third kappa shape index (κ3) is 4.22. The lowest BCUT2D eigenvalue weighted by atomic mass is 9.81. The van der Waals surface area contributed by atoms with E-state index in [-0.39, 0.29) is 45.3 Å². The molecular weight excluding hydrogens is 546 g/mol. The summed E-state index contributed by atoms with van der Waals surface area (Å²) in [4.78, 5) is 55.1. The Hall–Kier alpha value is -2.12. The maximum Gasteiger partial charge on any atom is 0.273 e. The molecule has 5 atom stereocenters. The normalized spacial score (nSPS) is 25.3. The Kier molecular flexibility index (Phi) is 7.07. The van der Waals surface area contributed by atoms with Crippen molar-refractivity contribution in [2.24, 2.45) is 23.7 Å². The first-order chi connectivity index (χ1) is 17.2. The molecule has 5 rings (SSSR count). The van der Waals surface area contributed by atoms with Crippen LogP contribution in [0, 0.1) is 23.7 Å². The molecule has 2 bridgehead atoms. The van der Waals surface area contributed by atoms with Gasteiger partial charge in [-0.05, 0) is 80.0 Å². The summed E-state index contributed by atoms with van der Waals surface area (Å²) < 4.78 is 0. The van der Waals surface area contributed by atoms with Gasteiger partial charge in [-0.2, -0.15) is 5.01 Å². The number of hydrogen-bond acceptors (Lipinski definition) is 4. The molecule has 2 aromatic rings. The van der Waals surface area contributed by atoms with Crippen LogP contribution in [0.2, 0.25) is 15.1 Å². The SMILES string of the molecule is O=C(c1ccc(Cl)cc1)[C@H](CCCl)N(C(=O)c1ccc(Cl)c(Cl)c1)N1C(=O)[C@@H]2[C@H]3CC[C@@H](C3)[C@@H]2C1=O. The molecule has 0 aromatic heterocycles. The molecule has 1 saturated heterocycles. The fraction of sp³-hybridized carbons (Fsp3) is 0.385. The van der Waals surface area contributed by atoms with Crippen molar-refractivity contribution in [2.45, 2.75) is 31.7 Å². The molecule has 2 saturated carbocycles. The van der Waals surface area contributed by atoms with Crippen LogP contribution in [0.15, 0.2) is 42.5 Å². The van der Waals surface area contributed by atoms with Gasteiger partial charge in [-0.25, -0.2) is 5.01 Å². The molecule has 188 valence electrons. The third-order valence-electron chi connectivity index (χ3n) is 7.60. The molecule has 3 aliphatic rings. The molecule has 0 radical (unpaired) electrons. The number of benzene rings is 2. The Labute approximate surface area is 228 Å². The molecular formula is C26H22Cl4N2O4. The van der Waals surface area contributed by atoms with Gasteiger partial charge in [0.25, 0.3) is 17.7 Å². The van der Waals surface area contributed by atoms with Crippen LogP contribution in [0.3, 0.4) is 0 Å². The van der Waals surface area contributed by atoms with E-state index in [9.17, 15) is 19.2 Å². The maximum absolute atomic E-state index is 14.0. The number of nitrogens with zero attached hydrogens (tertiary/aromatic N) is 2. The highest BCUT2D eigenvalue weighted by molar-refractivity contribution is 6.42. The van der Waals surface area contributed by atoms with Crippen molar-refractivity contribution in [3.8, 4) is 0 Å². The molecule has 1 heterocycles. The van der Waals surface area contributed by atoms with Gasteiger partial charge in [0.05, 0.1) is 21.9 Å². The number of halogens is 4. The minimum absolute atomic E-state index is 0.0173. The summed E-state index contributed by atoms with van der Waals surface area (Å²) in [7, 11) is 0. The molecule has 0 N–H and O–H groups in total. The lowest BCUT2D eigenvalue weighted by Crippen LogP contribution is -2.58. The van der Waals surface area contributed by atoms with Crippen LogP contribution in [0.4, 0.5) is 0 Å². The van der Waals surface area contributed by atoms with Crippen LogP contribution in [0.25, 0.3) is 0 Å². The molecule has 0 unspecified atom stereocenters. The quantitative estimate of drug-likeness (QED) is 0.236. The van der Waals surface area contributed by atoms with Crippen molar-refractivity contribution >= 4 is 69.9 Å². The van der Waals surface area contributed by atoms with Gasteiger partial charge in [-0.1, -0.05) is 34.8 Å². The molecule has 1 aliphatic heterocycles. The summed E-state index contributed by atoms with van der Waals surface area (Å²) in [5.41, 5.74) is 0.370. The molecule has 3 fully saturated rings. The molecule has 0 spiro atoms. The van der Waals surface area contributed by atoms with Crippen molar-refractivity contribution in [1.82, 2.24) is 10.0 Å². The second kappa shape index (κ2) is 9.97. The predicted molar refractivity (Wildman–Crippen MR) is 137 cm³/mol. The van der Waals surface area contributed by atoms with Gasteiger partial charge in [0.1, 0.15) is 6.04 Å². The van der Waals surface area contributed by atoms with E-state index in [1.807, 2.05) is 0 Å². The zero-order valence-corrected chi connectivity index (χ0v) is 22.0. The number of hydrazine groups is 1. The average molecular weight is 568 g/mol. The van der Waals surface area contributed by atoms with Gasteiger partial charge in [-0.3, -0.25) is 19.2 Å². The summed E-state index contributed by atoms with van der Waals surface area (Å²) in [5, 5.41) is 2.73. The summed E-state index contributed by atoms with van der Waals surface area (Å²) in [6.45, 7) is 0. The number of ketones is 1. The first-order valence-corrected chi connectivity index (χ1v) is 13.4. The molecule has 2 aromatic carbocycles. The summed E-state index contributed by atoms with van der Waals surface area (Å²) in [5.74, 6) is -2.73. The van der Waals surface area contributed by atoms with Crippen molar-refractivity contribution in [3.05, 3.63) is 68.7 Å². The van der Waals surface area contributed by atoms with E-state index in [0.717, 1.165) is 29.3 Å². The zero-order chi connectivity index (χ0) is 25.7. The number of amides is 3. The Balaban J connectivity index is 1.60. The number of Topliss-reactive ketones (excluding diaryl/α,β-unsaturated/α-hetero) is 1. The van der Waals surface area contributed by atoms with Gasteiger partial charge in [-0.15, -0.1) is 11.6 Å². The van der Waals surface area contributed by atoms with E-state index >= 15 is 0 Å². The summed E-state index contributed by atoms with van der Waals surface area (Å²) >= 11 is 24.3. The van der Waals surface area contributed by atoms with Crippen LogP contribution in [-0.4, -0.2) is 45.4 Å². The number of fused-ring (bicyclic) bond motifs is 5. The van der Waals surface area contributed by atoms with Crippen molar-refractivity contribution in [3.63, 3.8) is 0 Å². The minimum Gasteiger partial charge on any atom is -0.292 e. The van der Waals surface area contributed by atoms with Gasteiger partial charge >= 0.3 is 0 Å². The summed E-state index contributed by atoms with van der Waals surface area (Å²) in [6.07, 6.45) is 2.63. The van der Waals surface area contributed by atoms with Crippen LogP contribution in [0.5, 0.6) is 0 Å². The Morgan fingerprint density at radius 2 is 1.47 bits per heavy atom. The van der Waals surface area contributed by atoms with Gasteiger partial charge < -0.3 is 0 Å². The minimum atomic E-state index is -1.20. The van der Waals surface area contributed by atoms with Crippen molar-refractivity contribution in [2.75, 3.05) is 5.88 Å². The number of hydrogen-bond donors (Lipinski definition) is 0. The highest BCUT2D eigenvalue weighted by Gasteiger charge is 2.63. The van der Waals surface area contributed by atoms with E-state index < -0.39 is 41.4 Å². The Bertz CT molecular complexity index is 1220. The molecule has 6 nitrogen and oxygen atoms in total. The van der Waals surface area contributed by atoms with Crippen LogP contribution < -0.4 is 0 Å². The molecule has 3 amide bonds. The van der Waals surface area contributed by atoms with E-state index in [1.54, 1.807) is 12.1 Å². The average Bonchev–Trinajstić information content (AvgIpc) is 3.55. The van der Waals surface area contributed by atoms with Gasteiger partial charge in [0.2, 0.25) is 0 Å². The topological polar surface area (TPSA) is 74.8 Å².